The lowest BCUT2D eigenvalue weighted by Crippen LogP contribution is -2.13. The second-order valence-electron chi connectivity index (χ2n) is 2.77. The van der Waals surface area contributed by atoms with E-state index in [-0.39, 0.29) is 11.0 Å². The van der Waals surface area contributed by atoms with E-state index in [0.29, 0.717) is 18.4 Å². The standard InChI is InChI=1S/C9H11NO3S/c1-10-9(13)14-7-3-2-6(5-11)8(12)4-7/h4-5,11H,2-3H2,1H3,(H,10,13). The molecule has 5 heteroatoms. The van der Waals surface area contributed by atoms with Crippen molar-refractivity contribution in [2.24, 2.45) is 0 Å². The van der Waals surface area contributed by atoms with E-state index in [9.17, 15) is 9.59 Å². The first-order valence-corrected chi connectivity index (χ1v) is 4.96. The summed E-state index contributed by atoms with van der Waals surface area (Å²) in [5, 5.41) is 11.0. The van der Waals surface area contributed by atoms with Crippen LogP contribution in [0.25, 0.3) is 0 Å². The number of aliphatic hydroxyl groups is 1. The molecule has 76 valence electrons. The smallest absolute Gasteiger partial charge is 0.283 e. The molecule has 0 heterocycles. The van der Waals surface area contributed by atoms with E-state index in [1.165, 1.54) is 6.08 Å². The molecule has 0 atom stereocenters. The number of amides is 1. The zero-order valence-electron chi connectivity index (χ0n) is 7.74. The molecule has 0 radical (unpaired) electrons. The molecule has 0 aromatic rings. The van der Waals surface area contributed by atoms with Crippen molar-refractivity contribution < 1.29 is 14.7 Å². The third-order valence-electron chi connectivity index (χ3n) is 1.83. The van der Waals surface area contributed by atoms with Crippen LogP contribution in [0.2, 0.25) is 0 Å². The van der Waals surface area contributed by atoms with Crippen molar-refractivity contribution >= 4 is 22.8 Å². The Morgan fingerprint density at radius 3 is 2.86 bits per heavy atom. The predicted molar refractivity (Wildman–Crippen MR) is 55.1 cm³/mol. The summed E-state index contributed by atoms with van der Waals surface area (Å²) in [7, 11) is 1.54. The van der Waals surface area contributed by atoms with Gasteiger partial charge < -0.3 is 10.4 Å². The lowest BCUT2D eigenvalue weighted by Gasteiger charge is -2.12. The van der Waals surface area contributed by atoms with Gasteiger partial charge in [0.2, 0.25) is 0 Å². The quantitative estimate of drug-likeness (QED) is 0.514. The molecular formula is C9H11NO3S. The summed E-state index contributed by atoms with van der Waals surface area (Å²) < 4.78 is 0. The van der Waals surface area contributed by atoms with Crippen LogP contribution in [-0.4, -0.2) is 23.2 Å². The van der Waals surface area contributed by atoms with Crippen molar-refractivity contribution in [3.8, 4) is 0 Å². The van der Waals surface area contributed by atoms with E-state index in [2.05, 4.69) is 5.32 Å². The molecule has 0 spiro atoms. The van der Waals surface area contributed by atoms with Crippen molar-refractivity contribution in [1.82, 2.24) is 5.32 Å². The summed E-state index contributed by atoms with van der Waals surface area (Å²) in [6.07, 6.45) is 3.34. The van der Waals surface area contributed by atoms with Crippen LogP contribution in [-0.2, 0) is 4.79 Å². The van der Waals surface area contributed by atoms with Gasteiger partial charge in [0.05, 0.1) is 6.26 Å². The minimum Gasteiger partial charge on any atom is -0.515 e. The van der Waals surface area contributed by atoms with Gasteiger partial charge in [-0.3, -0.25) is 9.59 Å². The van der Waals surface area contributed by atoms with Crippen LogP contribution in [0.4, 0.5) is 4.79 Å². The Kier molecular flexibility index (Phi) is 3.76. The first kappa shape index (κ1) is 10.8. The Bertz CT molecular complexity index is 320. The second kappa shape index (κ2) is 4.85. The maximum Gasteiger partial charge on any atom is 0.283 e. The van der Waals surface area contributed by atoms with E-state index < -0.39 is 0 Å². The molecule has 0 saturated carbocycles. The summed E-state index contributed by atoms with van der Waals surface area (Å²) in [6, 6.07) is 0. The lowest BCUT2D eigenvalue weighted by molar-refractivity contribution is -0.111. The van der Waals surface area contributed by atoms with Gasteiger partial charge in [-0.05, 0) is 35.6 Å². The number of hydrogen-bond donors (Lipinski definition) is 2. The fourth-order valence-electron chi connectivity index (χ4n) is 1.07. The third kappa shape index (κ3) is 2.63. The maximum atomic E-state index is 11.3. The monoisotopic (exact) mass is 213 g/mol. The Morgan fingerprint density at radius 1 is 1.64 bits per heavy atom. The van der Waals surface area contributed by atoms with Gasteiger partial charge in [0.1, 0.15) is 0 Å². The number of thioether (sulfide) groups is 1. The number of nitrogens with one attached hydrogen (secondary N) is 1. The molecule has 14 heavy (non-hydrogen) atoms. The summed E-state index contributed by atoms with van der Waals surface area (Å²) in [5.41, 5.74) is 0.395. The molecule has 0 unspecified atom stereocenters. The molecule has 1 aliphatic rings. The van der Waals surface area contributed by atoms with Crippen molar-refractivity contribution in [2.45, 2.75) is 12.8 Å². The van der Waals surface area contributed by atoms with Gasteiger partial charge >= 0.3 is 0 Å². The molecule has 0 fully saturated rings. The average Bonchev–Trinajstić information content (AvgIpc) is 2.18. The minimum atomic E-state index is -0.217. The number of carbonyl (C=O) groups is 2. The third-order valence-corrected chi connectivity index (χ3v) is 2.81. The molecule has 0 saturated heterocycles. The van der Waals surface area contributed by atoms with Gasteiger partial charge in [-0.1, -0.05) is 0 Å². The van der Waals surface area contributed by atoms with Crippen molar-refractivity contribution in [2.75, 3.05) is 7.05 Å². The van der Waals surface area contributed by atoms with Gasteiger partial charge in [-0.2, -0.15) is 0 Å². The number of ketones is 1. The van der Waals surface area contributed by atoms with Gasteiger partial charge in [0.15, 0.2) is 5.78 Å². The van der Waals surface area contributed by atoms with E-state index >= 15 is 0 Å². The topological polar surface area (TPSA) is 66.4 Å². The molecule has 0 aromatic heterocycles. The molecule has 0 aromatic carbocycles. The summed E-state index contributed by atoms with van der Waals surface area (Å²) in [6.45, 7) is 0. The Labute approximate surface area is 86.1 Å². The van der Waals surface area contributed by atoms with Crippen LogP contribution >= 0.6 is 11.8 Å². The van der Waals surface area contributed by atoms with E-state index in [1.807, 2.05) is 0 Å². The minimum absolute atomic E-state index is 0.180. The first-order valence-electron chi connectivity index (χ1n) is 4.15. The number of hydrogen-bond acceptors (Lipinski definition) is 4. The summed E-state index contributed by atoms with van der Waals surface area (Å²) in [4.78, 5) is 23.0. The summed E-state index contributed by atoms with van der Waals surface area (Å²) >= 11 is 1.02. The fourth-order valence-corrected chi connectivity index (χ4v) is 1.78. The van der Waals surface area contributed by atoms with Crippen molar-refractivity contribution in [3.63, 3.8) is 0 Å². The van der Waals surface area contributed by atoms with Gasteiger partial charge in [0, 0.05) is 12.6 Å². The molecule has 1 rings (SSSR count). The molecule has 0 aliphatic heterocycles. The Balaban J connectivity index is 2.67. The zero-order valence-corrected chi connectivity index (χ0v) is 8.56. The zero-order chi connectivity index (χ0) is 10.6. The van der Waals surface area contributed by atoms with Crippen LogP contribution in [0.15, 0.2) is 22.8 Å². The lowest BCUT2D eigenvalue weighted by atomic mass is 10.0. The van der Waals surface area contributed by atoms with E-state index in [1.54, 1.807) is 7.05 Å². The van der Waals surface area contributed by atoms with E-state index in [4.69, 9.17) is 5.11 Å². The number of carbonyl (C=O) groups excluding carboxylic acids is 2. The Hall–Kier alpha value is -1.23. The molecule has 1 aliphatic carbocycles. The van der Waals surface area contributed by atoms with Crippen LogP contribution in [0, 0.1) is 0 Å². The highest BCUT2D eigenvalue weighted by Gasteiger charge is 2.17. The molecule has 2 N–H and O–H groups in total. The normalized spacial score (nSPS) is 19.4. The predicted octanol–water partition coefficient (Wildman–Crippen LogP) is 1.75. The fraction of sp³-hybridized carbons (Fsp3) is 0.333. The van der Waals surface area contributed by atoms with Gasteiger partial charge in [-0.15, -0.1) is 0 Å². The number of allylic oxidation sites excluding steroid dienone is 3. The highest BCUT2D eigenvalue weighted by atomic mass is 32.2. The van der Waals surface area contributed by atoms with Crippen molar-refractivity contribution in [1.29, 1.82) is 0 Å². The highest BCUT2D eigenvalue weighted by molar-refractivity contribution is 8.16. The van der Waals surface area contributed by atoms with Crippen LogP contribution in [0.3, 0.4) is 0 Å². The maximum absolute atomic E-state index is 11.3. The van der Waals surface area contributed by atoms with Gasteiger partial charge in [0.25, 0.3) is 5.24 Å². The molecule has 1 amide bonds. The van der Waals surface area contributed by atoms with Crippen LogP contribution < -0.4 is 5.32 Å². The molecule has 0 bridgehead atoms. The van der Waals surface area contributed by atoms with Gasteiger partial charge in [-0.25, -0.2) is 0 Å². The Morgan fingerprint density at radius 2 is 2.36 bits per heavy atom. The summed E-state index contributed by atoms with van der Waals surface area (Å²) in [5.74, 6) is -0.217. The first-order chi connectivity index (χ1) is 6.67. The van der Waals surface area contributed by atoms with Crippen LogP contribution in [0.1, 0.15) is 12.8 Å². The number of rotatable bonds is 1. The molecule has 4 nitrogen and oxygen atoms in total. The van der Waals surface area contributed by atoms with Crippen LogP contribution in [0.5, 0.6) is 0 Å². The highest BCUT2D eigenvalue weighted by Crippen LogP contribution is 2.28. The second-order valence-corrected chi connectivity index (χ2v) is 3.87. The SMILES string of the molecule is CNC(=O)SC1=CC(=O)C(=CO)CC1. The molecular weight excluding hydrogens is 202 g/mol. The van der Waals surface area contributed by atoms with E-state index in [0.717, 1.165) is 22.9 Å². The average molecular weight is 213 g/mol. The largest absolute Gasteiger partial charge is 0.515 e. The number of aliphatic hydroxyl groups excluding tert-OH is 1. The van der Waals surface area contributed by atoms with Crippen molar-refractivity contribution in [3.05, 3.63) is 22.8 Å².